The minimum atomic E-state index is -1.54. The average molecular weight is 531 g/mol. The number of fused-ring (bicyclic) bond motifs is 2. The molecule has 0 spiro atoms. The Balaban J connectivity index is 1.51. The number of imide groups is 1. The number of nitrogens with zero attached hydrogens (tertiary/aromatic N) is 1. The highest BCUT2D eigenvalue weighted by molar-refractivity contribution is 6.32. The van der Waals surface area contributed by atoms with Gasteiger partial charge in [0.1, 0.15) is 5.54 Å². The van der Waals surface area contributed by atoms with Gasteiger partial charge in [0.05, 0.1) is 17.5 Å². The van der Waals surface area contributed by atoms with Crippen LogP contribution in [-0.4, -0.2) is 28.4 Å². The molecule has 6 nitrogen and oxygen atoms in total. The lowest BCUT2D eigenvalue weighted by molar-refractivity contribution is -0.150. The van der Waals surface area contributed by atoms with Crippen molar-refractivity contribution in [3.63, 3.8) is 0 Å². The van der Waals surface area contributed by atoms with Crippen LogP contribution in [-0.2, 0) is 14.4 Å². The van der Waals surface area contributed by atoms with E-state index < -0.39 is 35.3 Å². The molecular weight excluding hydrogens is 500 g/mol. The third-order valence-electron chi connectivity index (χ3n) is 8.94. The van der Waals surface area contributed by atoms with Gasteiger partial charge in [-0.25, -0.2) is 4.90 Å². The third kappa shape index (κ3) is 3.85. The van der Waals surface area contributed by atoms with Gasteiger partial charge < -0.3 is 5.11 Å². The Hall–Kier alpha value is -3.22. The van der Waals surface area contributed by atoms with Crippen molar-refractivity contribution in [2.45, 2.75) is 57.0 Å². The van der Waals surface area contributed by atoms with Gasteiger partial charge in [0.15, 0.2) is 0 Å². The van der Waals surface area contributed by atoms with Gasteiger partial charge in [-0.05, 0) is 53.3 Å². The van der Waals surface area contributed by atoms with Crippen LogP contribution in [0.4, 0.5) is 5.69 Å². The summed E-state index contributed by atoms with van der Waals surface area (Å²) in [4.78, 5) is 42.7. The van der Waals surface area contributed by atoms with Crippen molar-refractivity contribution in [1.82, 2.24) is 5.32 Å². The van der Waals surface area contributed by atoms with Crippen LogP contribution in [0.3, 0.4) is 0 Å². The summed E-state index contributed by atoms with van der Waals surface area (Å²) in [6.45, 7) is 1.86. The molecule has 3 aromatic rings. The Morgan fingerprint density at radius 3 is 2.50 bits per heavy atom. The van der Waals surface area contributed by atoms with Crippen molar-refractivity contribution in [3.05, 3.63) is 76.8 Å². The Labute approximate surface area is 227 Å². The number of aliphatic carboxylic acids is 1. The van der Waals surface area contributed by atoms with E-state index in [2.05, 4.69) is 5.32 Å². The Morgan fingerprint density at radius 2 is 1.76 bits per heavy atom. The zero-order valence-electron chi connectivity index (χ0n) is 21.3. The van der Waals surface area contributed by atoms with Gasteiger partial charge in [0.25, 0.3) is 0 Å². The second kappa shape index (κ2) is 9.51. The molecule has 4 atom stereocenters. The Morgan fingerprint density at radius 1 is 1.03 bits per heavy atom. The highest BCUT2D eigenvalue weighted by Gasteiger charge is 2.69. The largest absolute Gasteiger partial charge is 0.480 e. The quantitative estimate of drug-likeness (QED) is 0.392. The van der Waals surface area contributed by atoms with Crippen molar-refractivity contribution in [3.8, 4) is 0 Å². The molecule has 2 amide bonds. The molecule has 3 aromatic carbocycles. The third-order valence-corrected chi connectivity index (χ3v) is 9.35. The maximum Gasteiger partial charge on any atom is 0.324 e. The number of nitrogens with one attached hydrogen (secondary N) is 1. The lowest BCUT2D eigenvalue weighted by Crippen LogP contribution is -2.57. The summed E-state index contributed by atoms with van der Waals surface area (Å²) in [5.41, 5.74) is 0.528. The summed E-state index contributed by atoms with van der Waals surface area (Å²) in [5.74, 6) is -3.58. The van der Waals surface area contributed by atoms with Gasteiger partial charge >= 0.3 is 5.97 Å². The molecule has 0 radical (unpaired) electrons. The minimum Gasteiger partial charge on any atom is -0.480 e. The van der Waals surface area contributed by atoms with Gasteiger partial charge in [-0.15, -0.1) is 0 Å². The summed E-state index contributed by atoms with van der Waals surface area (Å²) in [7, 11) is 0. The van der Waals surface area contributed by atoms with Gasteiger partial charge in [0, 0.05) is 11.1 Å². The number of aryl methyl sites for hydroxylation is 1. The lowest BCUT2D eigenvalue weighted by atomic mass is 9.72. The van der Waals surface area contributed by atoms with Crippen molar-refractivity contribution in [2.75, 3.05) is 4.90 Å². The molecule has 2 aliphatic heterocycles. The number of halogens is 1. The van der Waals surface area contributed by atoms with E-state index in [4.69, 9.17) is 11.6 Å². The van der Waals surface area contributed by atoms with Gasteiger partial charge in [-0.3, -0.25) is 19.7 Å². The molecule has 1 saturated carbocycles. The normalized spacial score (nSPS) is 27.7. The molecule has 196 valence electrons. The van der Waals surface area contributed by atoms with Crippen LogP contribution in [0.5, 0.6) is 0 Å². The molecule has 1 aliphatic carbocycles. The SMILES string of the molecule is Cc1ccc(N2C(=O)C3C(c4cccc5ccccc45)NC(CC4CCCCC4)(C(=O)O)C3C2=O)cc1Cl. The zero-order valence-corrected chi connectivity index (χ0v) is 22.1. The first kappa shape index (κ1) is 25.1. The molecule has 2 saturated heterocycles. The van der Waals surface area contributed by atoms with E-state index in [0.717, 1.165) is 54.0 Å². The van der Waals surface area contributed by atoms with Crippen LogP contribution in [0.25, 0.3) is 10.8 Å². The zero-order chi connectivity index (χ0) is 26.6. The van der Waals surface area contributed by atoms with Crippen LogP contribution in [0.15, 0.2) is 60.7 Å². The number of carbonyl (C=O) groups excluding carboxylic acids is 2. The number of carboxylic acid groups (broad SMARTS) is 1. The topological polar surface area (TPSA) is 86.7 Å². The molecule has 2 N–H and O–H groups in total. The average Bonchev–Trinajstić information content (AvgIpc) is 3.40. The summed E-state index contributed by atoms with van der Waals surface area (Å²) in [6, 6.07) is 18.2. The summed E-state index contributed by atoms with van der Waals surface area (Å²) >= 11 is 6.38. The predicted octanol–water partition coefficient (Wildman–Crippen LogP) is 6.05. The van der Waals surface area contributed by atoms with Gasteiger partial charge in [-0.2, -0.15) is 0 Å². The van der Waals surface area contributed by atoms with E-state index in [1.807, 2.05) is 49.4 Å². The first-order valence-electron chi connectivity index (χ1n) is 13.4. The summed E-state index contributed by atoms with van der Waals surface area (Å²) in [5, 5.41) is 16.6. The summed E-state index contributed by atoms with van der Waals surface area (Å²) in [6.07, 6.45) is 5.46. The van der Waals surface area contributed by atoms with Crippen LogP contribution in [0, 0.1) is 24.7 Å². The van der Waals surface area contributed by atoms with E-state index in [1.54, 1.807) is 18.2 Å². The highest BCUT2D eigenvalue weighted by Crippen LogP contribution is 2.53. The molecule has 7 heteroatoms. The fourth-order valence-electron chi connectivity index (χ4n) is 7.09. The van der Waals surface area contributed by atoms with E-state index in [0.29, 0.717) is 17.1 Å². The van der Waals surface area contributed by atoms with E-state index >= 15 is 0 Å². The van der Waals surface area contributed by atoms with Gasteiger partial charge in [-0.1, -0.05) is 92.2 Å². The van der Waals surface area contributed by atoms with Crippen LogP contribution in [0.2, 0.25) is 5.02 Å². The predicted molar refractivity (Wildman–Crippen MR) is 147 cm³/mol. The molecule has 0 bridgehead atoms. The van der Waals surface area contributed by atoms with Gasteiger partial charge in [0.2, 0.25) is 11.8 Å². The second-order valence-corrected chi connectivity index (χ2v) is 11.5. The van der Waals surface area contributed by atoms with Crippen molar-refractivity contribution < 1.29 is 19.5 Å². The summed E-state index contributed by atoms with van der Waals surface area (Å²) < 4.78 is 0. The van der Waals surface area contributed by atoms with Crippen molar-refractivity contribution in [1.29, 1.82) is 0 Å². The first-order valence-corrected chi connectivity index (χ1v) is 13.8. The monoisotopic (exact) mass is 530 g/mol. The van der Waals surface area contributed by atoms with Crippen molar-refractivity contribution in [2.24, 2.45) is 17.8 Å². The molecule has 38 heavy (non-hydrogen) atoms. The number of anilines is 1. The molecule has 3 aliphatic rings. The highest BCUT2D eigenvalue weighted by atomic mass is 35.5. The standard InChI is InChI=1S/C31H31ClN2O4/c1-18-14-15-21(16-24(18)32)34-28(35)25-26(29(34)36)31(30(37)38,17-19-8-3-2-4-9-19)33-27(25)23-13-7-11-20-10-5-6-12-22(20)23/h5-7,10-16,19,25-27,33H,2-4,8-9,17H2,1H3,(H,37,38). The number of hydrogen-bond donors (Lipinski definition) is 2. The lowest BCUT2D eigenvalue weighted by Gasteiger charge is -2.35. The minimum absolute atomic E-state index is 0.185. The fourth-order valence-corrected chi connectivity index (χ4v) is 7.26. The molecule has 3 fully saturated rings. The van der Waals surface area contributed by atoms with Crippen LogP contribution in [0.1, 0.15) is 55.7 Å². The molecule has 2 heterocycles. The molecular formula is C31H31ClN2O4. The number of rotatable bonds is 5. The van der Waals surface area contributed by atoms with Crippen molar-refractivity contribution >= 4 is 45.8 Å². The van der Waals surface area contributed by atoms with E-state index in [9.17, 15) is 19.5 Å². The molecule has 4 unspecified atom stereocenters. The Bertz CT molecular complexity index is 1440. The first-order chi connectivity index (χ1) is 18.3. The van der Waals surface area contributed by atoms with E-state index in [-0.39, 0.29) is 11.8 Å². The fraction of sp³-hybridized carbons (Fsp3) is 0.387. The number of hydrogen-bond acceptors (Lipinski definition) is 4. The second-order valence-electron chi connectivity index (χ2n) is 11.1. The number of carbonyl (C=O) groups is 3. The van der Waals surface area contributed by atoms with Crippen LogP contribution < -0.4 is 10.2 Å². The number of carboxylic acids is 1. The van der Waals surface area contributed by atoms with Crippen LogP contribution >= 0.6 is 11.6 Å². The maximum atomic E-state index is 14.2. The Kier molecular flexibility index (Phi) is 6.28. The molecule has 6 rings (SSSR count). The van der Waals surface area contributed by atoms with E-state index in [1.165, 1.54) is 4.90 Å². The number of benzene rings is 3. The smallest absolute Gasteiger partial charge is 0.324 e. The number of amides is 2. The molecule has 0 aromatic heterocycles. The maximum absolute atomic E-state index is 14.2.